The summed E-state index contributed by atoms with van der Waals surface area (Å²) in [4.78, 5) is 4.42. The van der Waals surface area contributed by atoms with Crippen LogP contribution >= 0.6 is 0 Å². The molecule has 2 heterocycles. The normalized spacial score (nSPS) is 11.8. The number of aryl methyl sites for hydroxylation is 1. The van der Waals surface area contributed by atoms with E-state index in [1.807, 2.05) is 19.1 Å². The molecule has 0 unspecified atom stereocenters. The van der Waals surface area contributed by atoms with E-state index in [1.54, 1.807) is 30.5 Å². The van der Waals surface area contributed by atoms with Crippen molar-refractivity contribution >= 4 is 20.9 Å². The van der Waals surface area contributed by atoms with Crippen LogP contribution < -0.4 is 0 Å². The summed E-state index contributed by atoms with van der Waals surface area (Å²) in [5, 5.41) is 0.650. The summed E-state index contributed by atoms with van der Waals surface area (Å²) >= 11 is 0. The van der Waals surface area contributed by atoms with Crippen LogP contribution in [0, 0.1) is 12.7 Å². The third-order valence-corrected chi connectivity index (χ3v) is 5.94. The summed E-state index contributed by atoms with van der Waals surface area (Å²) in [7, 11) is -3.85. The van der Waals surface area contributed by atoms with Gasteiger partial charge >= 0.3 is 0 Å². The molecule has 6 heteroatoms. The van der Waals surface area contributed by atoms with Crippen molar-refractivity contribution in [1.82, 2.24) is 8.96 Å². The first-order valence-electron chi connectivity index (χ1n) is 8.01. The summed E-state index contributed by atoms with van der Waals surface area (Å²) < 4.78 is 41.2. The van der Waals surface area contributed by atoms with Crippen molar-refractivity contribution in [3.63, 3.8) is 0 Å². The van der Waals surface area contributed by atoms with Crippen LogP contribution in [0.4, 0.5) is 4.39 Å². The molecule has 4 aromatic rings. The molecule has 0 saturated carbocycles. The maximum absolute atomic E-state index is 13.9. The Morgan fingerprint density at radius 3 is 2.46 bits per heavy atom. The maximum Gasteiger partial charge on any atom is 0.268 e. The molecule has 0 atom stereocenters. The Morgan fingerprint density at radius 1 is 1.00 bits per heavy atom. The minimum Gasteiger partial charge on any atom is -0.261 e. The molecule has 0 radical (unpaired) electrons. The number of fused-ring (bicyclic) bond motifs is 1. The lowest BCUT2D eigenvalue weighted by Gasteiger charge is -2.07. The standard InChI is InChI=1S/C20H15FN2O2S/c1-14-7-8-15(12-22-14)19-13-23(20-11-16(21)9-10-18(19)20)26(24,25)17-5-3-2-4-6-17/h2-13H,1H3. The smallest absolute Gasteiger partial charge is 0.261 e. The Balaban J connectivity index is 2.02. The molecule has 0 aliphatic heterocycles. The second kappa shape index (κ2) is 6.07. The van der Waals surface area contributed by atoms with Gasteiger partial charge < -0.3 is 0 Å². The molecule has 0 N–H and O–H groups in total. The monoisotopic (exact) mass is 366 g/mol. The Hall–Kier alpha value is -2.99. The molecule has 0 fully saturated rings. The molecule has 0 aliphatic rings. The Bertz CT molecular complexity index is 1200. The first kappa shape index (κ1) is 16.5. The molecule has 0 aliphatic carbocycles. The lowest BCUT2D eigenvalue weighted by Crippen LogP contribution is -2.11. The van der Waals surface area contributed by atoms with E-state index in [-0.39, 0.29) is 4.90 Å². The number of pyridine rings is 1. The Labute approximate surface area is 150 Å². The predicted molar refractivity (Wildman–Crippen MR) is 98.9 cm³/mol. The van der Waals surface area contributed by atoms with Crippen molar-refractivity contribution in [2.24, 2.45) is 0 Å². The van der Waals surface area contributed by atoms with E-state index in [0.29, 0.717) is 16.5 Å². The van der Waals surface area contributed by atoms with Gasteiger partial charge in [-0.1, -0.05) is 24.3 Å². The zero-order valence-electron chi connectivity index (χ0n) is 13.9. The maximum atomic E-state index is 13.9. The van der Waals surface area contributed by atoms with Crippen LogP contribution in [-0.2, 0) is 10.0 Å². The molecule has 4 rings (SSSR count). The predicted octanol–water partition coefficient (Wildman–Crippen LogP) is 4.39. The summed E-state index contributed by atoms with van der Waals surface area (Å²) in [6, 6.07) is 16.0. The number of benzene rings is 2. The highest BCUT2D eigenvalue weighted by atomic mass is 32.2. The van der Waals surface area contributed by atoms with Gasteiger partial charge in [0.15, 0.2) is 0 Å². The lowest BCUT2D eigenvalue weighted by molar-refractivity contribution is 0.589. The van der Waals surface area contributed by atoms with Crippen LogP contribution in [0.25, 0.3) is 22.0 Å². The van der Waals surface area contributed by atoms with Gasteiger partial charge in [-0.05, 0) is 43.3 Å². The highest BCUT2D eigenvalue weighted by Gasteiger charge is 2.22. The van der Waals surface area contributed by atoms with Crippen molar-refractivity contribution in [1.29, 1.82) is 0 Å². The average molecular weight is 366 g/mol. The fourth-order valence-electron chi connectivity index (χ4n) is 2.93. The molecule has 0 saturated heterocycles. The number of nitrogens with zero attached hydrogens (tertiary/aromatic N) is 2. The van der Waals surface area contributed by atoms with Gasteiger partial charge in [-0.2, -0.15) is 0 Å². The van der Waals surface area contributed by atoms with E-state index in [1.165, 1.54) is 30.5 Å². The van der Waals surface area contributed by atoms with Gasteiger partial charge in [0, 0.05) is 34.6 Å². The highest BCUT2D eigenvalue weighted by Crippen LogP contribution is 2.33. The molecule has 26 heavy (non-hydrogen) atoms. The van der Waals surface area contributed by atoms with Crippen molar-refractivity contribution in [2.75, 3.05) is 0 Å². The summed E-state index contributed by atoms with van der Waals surface area (Å²) in [6.45, 7) is 1.88. The minimum absolute atomic E-state index is 0.148. The van der Waals surface area contributed by atoms with Gasteiger partial charge in [0.05, 0.1) is 10.4 Å². The van der Waals surface area contributed by atoms with Gasteiger partial charge in [-0.3, -0.25) is 4.98 Å². The Morgan fingerprint density at radius 2 is 1.77 bits per heavy atom. The second-order valence-corrected chi connectivity index (χ2v) is 7.82. The van der Waals surface area contributed by atoms with Crippen LogP contribution in [-0.4, -0.2) is 17.4 Å². The van der Waals surface area contributed by atoms with Crippen LogP contribution in [0.15, 0.2) is 78.0 Å². The van der Waals surface area contributed by atoms with Gasteiger partial charge in [-0.25, -0.2) is 16.8 Å². The molecule has 2 aromatic carbocycles. The molecule has 0 spiro atoms. The quantitative estimate of drug-likeness (QED) is 0.540. The third kappa shape index (κ3) is 2.68. The molecule has 0 bridgehead atoms. The van der Waals surface area contributed by atoms with Crippen molar-refractivity contribution in [2.45, 2.75) is 11.8 Å². The number of rotatable bonds is 3. The van der Waals surface area contributed by atoms with Gasteiger partial charge in [0.2, 0.25) is 0 Å². The number of aromatic nitrogens is 2. The summed E-state index contributed by atoms with van der Waals surface area (Å²) in [5.41, 5.74) is 2.62. The molecule has 4 nitrogen and oxygen atoms in total. The lowest BCUT2D eigenvalue weighted by atomic mass is 10.1. The number of halogens is 1. The van der Waals surface area contributed by atoms with E-state index in [9.17, 15) is 12.8 Å². The van der Waals surface area contributed by atoms with E-state index in [0.717, 1.165) is 15.2 Å². The van der Waals surface area contributed by atoms with E-state index < -0.39 is 15.8 Å². The van der Waals surface area contributed by atoms with Crippen molar-refractivity contribution in [3.05, 3.63) is 84.6 Å². The van der Waals surface area contributed by atoms with Crippen LogP contribution in [0.1, 0.15) is 5.69 Å². The molecular weight excluding hydrogens is 351 g/mol. The largest absolute Gasteiger partial charge is 0.268 e. The molecular formula is C20H15FN2O2S. The van der Waals surface area contributed by atoms with Gasteiger partial charge in [-0.15, -0.1) is 0 Å². The van der Waals surface area contributed by atoms with Crippen molar-refractivity contribution < 1.29 is 12.8 Å². The van der Waals surface area contributed by atoms with Gasteiger partial charge in [0.1, 0.15) is 5.82 Å². The van der Waals surface area contributed by atoms with Crippen LogP contribution in [0.3, 0.4) is 0 Å². The number of hydrogen-bond donors (Lipinski definition) is 0. The number of hydrogen-bond acceptors (Lipinski definition) is 3. The summed E-state index contributed by atoms with van der Waals surface area (Å²) in [6.07, 6.45) is 3.21. The zero-order valence-corrected chi connectivity index (χ0v) is 14.7. The van der Waals surface area contributed by atoms with Gasteiger partial charge in [0.25, 0.3) is 10.0 Å². The third-order valence-electron chi connectivity index (χ3n) is 4.26. The SMILES string of the molecule is Cc1ccc(-c2cn(S(=O)(=O)c3ccccc3)c3cc(F)ccc23)cn1. The highest BCUT2D eigenvalue weighted by molar-refractivity contribution is 7.90. The Kier molecular flexibility index (Phi) is 3.85. The van der Waals surface area contributed by atoms with Crippen LogP contribution in [0.5, 0.6) is 0 Å². The second-order valence-electron chi connectivity index (χ2n) is 6.01. The van der Waals surface area contributed by atoms with Crippen molar-refractivity contribution in [3.8, 4) is 11.1 Å². The topological polar surface area (TPSA) is 52.0 Å². The minimum atomic E-state index is -3.85. The van der Waals surface area contributed by atoms with E-state index in [2.05, 4.69) is 4.98 Å². The van der Waals surface area contributed by atoms with Crippen LogP contribution in [0.2, 0.25) is 0 Å². The zero-order chi connectivity index (χ0) is 18.3. The van der Waals surface area contributed by atoms with E-state index in [4.69, 9.17) is 0 Å². The summed E-state index contributed by atoms with van der Waals surface area (Å²) in [5.74, 6) is -0.492. The molecule has 2 aromatic heterocycles. The first-order valence-corrected chi connectivity index (χ1v) is 9.45. The molecule has 130 valence electrons. The fourth-order valence-corrected chi connectivity index (χ4v) is 4.32. The first-order chi connectivity index (χ1) is 12.5. The van der Waals surface area contributed by atoms with E-state index >= 15 is 0 Å². The fraction of sp³-hybridized carbons (Fsp3) is 0.0500. The molecule has 0 amide bonds. The average Bonchev–Trinajstić information content (AvgIpc) is 3.02.